The smallest absolute Gasteiger partial charge is 0.305 e. The summed E-state index contributed by atoms with van der Waals surface area (Å²) in [6.45, 7) is 3.27. The maximum atomic E-state index is 15.7. The number of hydrogen-bond acceptors (Lipinski definition) is 22. The molecule has 694 valence electrons. The molecule has 4 aliphatic heterocycles. The van der Waals surface area contributed by atoms with Crippen LogP contribution in [0.15, 0.2) is 85.2 Å². The van der Waals surface area contributed by atoms with Crippen LogP contribution in [-0.4, -0.2) is 294 Å². The average Bonchev–Trinajstić information content (AvgIpc) is 1.75. The summed E-state index contributed by atoms with van der Waals surface area (Å²) in [6.07, 6.45) is 2.62. The molecule has 40 nitrogen and oxygen atoms in total. The van der Waals surface area contributed by atoms with Gasteiger partial charge in [-0.3, -0.25) is 86.3 Å². The van der Waals surface area contributed by atoms with Crippen molar-refractivity contribution in [3.8, 4) is 5.75 Å². The van der Waals surface area contributed by atoms with Crippen LogP contribution in [0.2, 0.25) is 0 Å². The number of carbonyl (C=O) groups excluding carboxylic acids is 17. The van der Waals surface area contributed by atoms with E-state index in [9.17, 15) is 67.7 Å². The number of rotatable bonds is 23. The van der Waals surface area contributed by atoms with Crippen LogP contribution in [0.3, 0.4) is 0 Å². The van der Waals surface area contributed by atoms with Crippen LogP contribution in [-0.2, 0) is 106 Å². The number of primary amides is 2. The Morgan fingerprint density at radius 1 is 0.508 bits per heavy atom. The molecule has 4 fully saturated rings. The lowest BCUT2D eigenvalue weighted by Crippen LogP contribution is -2.61. The van der Waals surface area contributed by atoms with E-state index in [0.717, 1.165) is 21.6 Å². The lowest BCUT2D eigenvalue weighted by Gasteiger charge is -2.36. The largest absolute Gasteiger partial charge is 0.508 e. The minimum atomic E-state index is -1.87. The Morgan fingerprint density at radius 2 is 1.00 bits per heavy atom. The number of carbonyl (C=O) groups is 18. The molecule has 41 heteroatoms. The second-order valence-electron chi connectivity index (χ2n) is 33.0. The molecule has 0 spiro atoms. The molecule has 128 heavy (non-hydrogen) atoms. The molecule has 21 N–H and O–H groups in total. The van der Waals surface area contributed by atoms with E-state index in [0.29, 0.717) is 64.2 Å². The number of para-hydroxylation sites is 2. The highest BCUT2D eigenvalue weighted by molar-refractivity contribution is 8.00. The molecule has 0 saturated carbocycles. The van der Waals surface area contributed by atoms with Gasteiger partial charge in [-0.15, -0.1) is 11.8 Å². The molecule has 0 aliphatic carbocycles. The lowest BCUT2D eigenvalue weighted by molar-refractivity contribution is -0.149. The zero-order chi connectivity index (χ0) is 93.2. The zero-order valence-corrected chi connectivity index (χ0v) is 73.5. The second kappa shape index (κ2) is 47.3. The number of amides is 16. The molecular formula is C87H120N20O20S. The van der Waals surface area contributed by atoms with E-state index in [1.54, 1.807) is 48.8 Å². The molecule has 4 aliphatic rings. The maximum Gasteiger partial charge on any atom is 0.305 e. The van der Waals surface area contributed by atoms with Gasteiger partial charge in [-0.2, -0.15) is 0 Å². The van der Waals surface area contributed by atoms with E-state index in [2.05, 4.69) is 57.8 Å². The van der Waals surface area contributed by atoms with E-state index >= 15 is 28.8 Å². The number of phenolic OH excluding ortho intramolecular Hbond substituents is 1. The molecule has 16 amide bonds. The summed E-state index contributed by atoms with van der Waals surface area (Å²) in [5, 5.41) is 45.4. The van der Waals surface area contributed by atoms with Crippen molar-refractivity contribution in [3.63, 3.8) is 0 Å². The number of aliphatic carboxylic acids is 1. The fourth-order valence-corrected chi connectivity index (χ4v) is 17.6. The summed E-state index contributed by atoms with van der Waals surface area (Å²) >= 11 is 0.793. The van der Waals surface area contributed by atoms with Crippen molar-refractivity contribution >= 4 is 140 Å². The van der Waals surface area contributed by atoms with Gasteiger partial charge in [-0.1, -0.05) is 88.1 Å². The van der Waals surface area contributed by atoms with Crippen LogP contribution in [0.25, 0.3) is 21.8 Å². The summed E-state index contributed by atoms with van der Waals surface area (Å²) in [6, 6.07) is 0.813. The molecule has 2 aromatic heterocycles. The number of benzene rings is 3. The Hall–Kier alpha value is -12.5. The van der Waals surface area contributed by atoms with Crippen LogP contribution in [0.4, 0.5) is 0 Å². The van der Waals surface area contributed by atoms with Gasteiger partial charge in [-0.25, -0.2) is 0 Å². The zero-order valence-electron chi connectivity index (χ0n) is 72.7. The van der Waals surface area contributed by atoms with E-state index in [1.807, 2.05) is 26.0 Å². The van der Waals surface area contributed by atoms with Gasteiger partial charge >= 0.3 is 5.97 Å². The van der Waals surface area contributed by atoms with Crippen LogP contribution in [0.1, 0.15) is 147 Å². The molecule has 3 aromatic carbocycles. The number of likely N-dealkylation sites (N-methyl/N-ethyl adjacent to an activating group) is 2. The number of nitrogens with one attached hydrogen (secondary N) is 11. The molecule has 4 saturated heterocycles. The van der Waals surface area contributed by atoms with Gasteiger partial charge in [0, 0.05) is 118 Å². The van der Waals surface area contributed by atoms with Crippen molar-refractivity contribution in [2.45, 2.75) is 228 Å². The number of unbranched alkanes of at least 4 members (excludes halogenated alkanes) is 2. The van der Waals surface area contributed by atoms with Crippen molar-refractivity contribution in [1.82, 2.24) is 82.3 Å². The number of carboxylic acid groups (broad SMARTS) is 1. The monoisotopic (exact) mass is 1800 g/mol. The Balaban J connectivity index is 1.07. The second-order valence-corrected chi connectivity index (χ2v) is 34.0. The van der Waals surface area contributed by atoms with Gasteiger partial charge in [-0.05, 0) is 119 Å². The third-order valence-corrected chi connectivity index (χ3v) is 24.8. The maximum absolute atomic E-state index is 15.7. The van der Waals surface area contributed by atoms with Crippen LogP contribution in [0, 0.1) is 5.92 Å². The molecule has 0 bridgehead atoms. The van der Waals surface area contributed by atoms with Gasteiger partial charge in [0.15, 0.2) is 5.78 Å². The van der Waals surface area contributed by atoms with Gasteiger partial charge in [0.25, 0.3) is 0 Å². The summed E-state index contributed by atoms with van der Waals surface area (Å²) in [5.74, 6) is -18.6. The first-order valence-electron chi connectivity index (χ1n) is 43.5. The summed E-state index contributed by atoms with van der Waals surface area (Å²) in [4.78, 5) is 272. The Bertz CT molecular complexity index is 4870. The van der Waals surface area contributed by atoms with Gasteiger partial charge in [0.1, 0.15) is 78.3 Å². The number of carboxylic acids is 1. The number of fused-ring (bicyclic) bond motifs is 5. The Morgan fingerprint density at radius 3 is 1.53 bits per heavy atom. The number of ketones is 1. The van der Waals surface area contributed by atoms with E-state index in [-0.39, 0.29) is 115 Å². The minimum absolute atomic E-state index is 0.0182. The number of H-pyrrole nitrogens is 2. The third kappa shape index (κ3) is 26.6. The SMILES string of the molecule is CCCC[C@H]1C(=O)N(C)[C@@H](CCCC)C(=O)N[C@@H](C)C(=O)N[C@H](C(=O)NCC(N)=O)CSCC(=O)N[C@@H](Cc2ccc(O)cc2)C(=O)N2CCC[C@H]2C(=O)NC(CC(=O)O)C(=O)N2CCC[C@H]2C(=O)N[C@@H](CN)C(=O)N[C@@H](CCC(N)=O)C(=O)N2CCC[C@H]2C(=O)N[C@@H](Cc2c[nH]c3ccccc23)C(=O)C[C@@H](CCN)C(=O)N[C@@H](Cc2c[nH]c3ccccc23)C(=O)N1C. The number of nitrogens with zero attached hydrogens (tertiary/aromatic N) is 5. The van der Waals surface area contributed by atoms with Gasteiger partial charge in [0.05, 0.1) is 24.8 Å². The molecule has 14 atom stereocenters. The van der Waals surface area contributed by atoms with Crippen LogP contribution in [0.5, 0.6) is 5.75 Å². The lowest BCUT2D eigenvalue weighted by atomic mass is 9.91. The van der Waals surface area contributed by atoms with Gasteiger partial charge in [0.2, 0.25) is 94.5 Å². The fourth-order valence-electron chi connectivity index (χ4n) is 16.7. The quantitative estimate of drug-likeness (QED) is 0.0345. The predicted octanol–water partition coefficient (Wildman–Crippen LogP) is -1.74. The summed E-state index contributed by atoms with van der Waals surface area (Å²) < 4.78 is 0. The number of aromatic hydroxyl groups is 1. The van der Waals surface area contributed by atoms with E-state index in [1.165, 1.54) is 60.0 Å². The summed E-state index contributed by atoms with van der Waals surface area (Å²) in [7, 11) is 2.78. The molecule has 9 rings (SSSR count). The number of aromatic nitrogens is 2. The topological polar surface area (TPSA) is 608 Å². The van der Waals surface area contributed by atoms with Crippen molar-refractivity contribution in [3.05, 3.63) is 102 Å². The fraction of sp³-hybridized carbons (Fsp3) is 0.540. The highest BCUT2D eigenvalue weighted by Crippen LogP contribution is 2.29. The van der Waals surface area contributed by atoms with Crippen LogP contribution >= 0.6 is 11.8 Å². The molecule has 1 unspecified atom stereocenters. The standard InChI is InChI=1S/C87H120N20O20S/c1-6-8-21-65-79(119)95-48(3)75(115)102-64(77(117)94-45-72(91)111)46-128-47-73(112)96-60(37-49-26-28-53(108)29-27-49)85(125)106-35-15-24-67(106)81(121)100-62(41-74(113)114)86(126)107-36-16-25-68(107)82(122)101-63(42-89)78(118)97-58(30-31-71(90)110)84(124)105-34-14-23-66(105)80(120)98-59(38-51-43-92-56-19-12-10-17-54(51)56)70(109)40-50(32-33-88)76(116)99-61(39-52-44-93-57-20-13-11-18-55(52)57)83(123)104(5)69(22-9-7-2)87(127)103(65)4/h10-13,17-20,26-29,43-44,48,50,58-69,92-93,108H,6-9,14-16,21-25,30-42,45-47,88-89H2,1-5H3,(H2,90,110)(H2,91,111)(H,94,117)(H,95,119)(H,96,112)(H,97,118)(H,98,120)(H,99,116)(H,100,121)(H,101,122)(H,102,115)(H,113,114)/t48-,50+,58-,59-,60-,61-,62?,63-,64-,65-,66-,67-,68-,69-/m0/s1. The summed E-state index contributed by atoms with van der Waals surface area (Å²) in [5.41, 5.74) is 26.4. The normalized spacial score (nSPS) is 25.4. The first-order valence-corrected chi connectivity index (χ1v) is 44.6. The number of nitrogens with two attached hydrogens (primary N) is 4. The molecule has 5 aromatic rings. The molecular weight excluding hydrogens is 1680 g/mol. The van der Waals surface area contributed by atoms with Crippen molar-refractivity contribution in [2.75, 3.05) is 64.9 Å². The average molecular weight is 1800 g/mol. The molecule has 6 heterocycles. The highest BCUT2D eigenvalue weighted by Gasteiger charge is 2.46. The number of phenols is 1. The van der Waals surface area contributed by atoms with Crippen molar-refractivity contribution < 1.29 is 96.5 Å². The van der Waals surface area contributed by atoms with E-state index < -0.39 is 235 Å². The third-order valence-electron chi connectivity index (χ3n) is 23.8. The van der Waals surface area contributed by atoms with Crippen molar-refractivity contribution in [2.24, 2.45) is 28.9 Å². The number of thioether (sulfide) groups is 1. The highest BCUT2D eigenvalue weighted by atomic mass is 32.2. The first-order chi connectivity index (χ1) is 61.1. The number of hydrogen-bond donors (Lipinski definition) is 17. The predicted molar refractivity (Wildman–Crippen MR) is 469 cm³/mol. The Labute approximate surface area is 744 Å². The molecule has 0 radical (unpaired) electrons. The minimum Gasteiger partial charge on any atom is -0.508 e. The van der Waals surface area contributed by atoms with Crippen molar-refractivity contribution in [1.29, 1.82) is 0 Å². The Kier molecular flexibility index (Phi) is 36.7. The number of aromatic amines is 2. The van der Waals surface area contributed by atoms with Gasteiger partial charge < -0.3 is 115 Å². The van der Waals surface area contributed by atoms with E-state index in [4.69, 9.17) is 22.9 Å². The number of Topliss-reactive ketones (excluding diaryl/α,β-unsaturated/α-hetero) is 1. The van der Waals surface area contributed by atoms with Crippen LogP contribution < -0.4 is 70.8 Å². The first kappa shape index (κ1) is 99.2.